The van der Waals surface area contributed by atoms with E-state index in [-0.39, 0.29) is 30.4 Å². The topological polar surface area (TPSA) is 15.3 Å². The largest absolute Gasteiger partial charge is 0.315 e. The Morgan fingerprint density at radius 3 is 2.57 bits per heavy atom. The molecule has 0 aromatic heterocycles. The van der Waals surface area contributed by atoms with E-state index < -0.39 is 17.5 Å². The van der Waals surface area contributed by atoms with Crippen molar-refractivity contribution >= 4 is 24.8 Å². The summed E-state index contributed by atoms with van der Waals surface area (Å²) in [5.74, 6) is -2.96. The number of rotatable bonds is 2. The molecule has 0 unspecified atom stereocenters. The van der Waals surface area contributed by atoms with Crippen molar-refractivity contribution in [2.75, 3.05) is 19.6 Å². The zero-order valence-corrected chi connectivity index (χ0v) is 13.1. The van der Waals surface area contributed by atoms with Crippen LogP contribution in [0.4, 0.5) is 13.2 Å². The van der Waals surface area contributed by atoms with Crippen LogP contribution in [0.15, 0.2) is 12.1 Å². The highest BCUT2D eigenvalue weighted by Gasteiger charge is 2.31. The number of nitrogens with zero attached hydrogens (tertiary/aromatic N) is 1. The molecule has 1 aromatic rings. The first-order valence-electron chi connectivity index (χ1n) is 6.72. The minimum atomic E-state index is -1.37. The molecule has 2 bridgehead atoms. The fourth-order valence-electron chi connectivity index (χ4n) is 3.13. The zero-order valence-electron chi connectivity index (χ0n) is 11.4. The van der Waals surface area contributed by atoms with Gasteiger partial charge in [-0.25, -0.2) is 13.2 Å². The first-order valence-corrected chi connectivity index (χ1v) is 6.72. The predicted molar refractivity (Wildman–Crippen MR) is 80.6 cm³/mol. The Balaban J connectivity index is 0.00000110. The van der Waals surface area contributed by atoms with Gasteiger partial charge >= 0.3 is 0 Å². The summed E-state index contributed by atoms with van der Waals surface area (Å²) in [6, 6.07) is 2.72. The predicted octanol–water partition coefficient (Wildman–Crippen LogP) is 3.13. The number of piperidine rings is 1. The SMILES string of the molecule is Cl.Cl.Fc1ccc(CN2C[C@@H]3CC[C@H]2CNC3)c(F)c1F. The van der Waals surface area contributed by atoms with E-state index in [1.54, 1.807) is 0 Å². The number of halogens is 5. The summed E-state index contributed by atoms with van der Waals surface area (Å²) in [4.78, 5) is 2.18. The van der Waals surface area contributed by atoms with Crippen LogP contribution in [0, 0.1) is 23.4 Å². The maximum Gasteiger partial charge on any atom is 0.194 e. The average molecular weight is 343 g/mol. The van der Waals surface area contributed by atoms with Crippen LogP contribution in [0.1, 0.15) is 18.4 Å². The molecular weight excluding hydrogens is 324 g/mol. The van der Waals surface area contributed by atoms with Crippen LogP contribution < -0.4 is 5.32 Å². The van der Waals surface area contributed by atoms with E-state index in [0.717, 1.165) is 32.1 Å². The molecule has 1 N–H and O–H groups in total. The van der Waals surface area contributed by atoms with E-state index in [0.29, 0.717) is 18.5 Å². The van der Waals surface area contributed by atoms with E-state index >= 15 is 0 Å². The Hall–Kier alpha value is -0.490. The molecule has 0 aliphatic carbocycles. The van der Waals surface area contributed by atoms with Gasteiger partial charge in [0.2, 0.25) is 0 Å². The van der Waals surface area contributed by atoms with Crippen molar-refractivity contribution in [1.82, 2.24) is 10.2 Å². The minimum absolute atomic E-state index is 0. The quantitative estimate of drug-likeness (QED) is 0.830. The van der Waals surface area contributed by atoms with Crippen LogP contribution in [-0.2, 0) is 6.54 Å². The van der Waals surface area contributed by atoms with Crippen molar-refractivity contribution in [2.45, 2.75) is 25.4 Å². The highest BCUT2D eigenvalue weighted by Crippen LogP contribution is 2.27. The molecule has 3 aliphatic rings. The van der Waals surface area contributed by atoms with Gasteiger partial charge < -0.3 is 5.32 Å². The molecule has 3 aliphatic heterocycles. The number of hydrogen-bond donors (Lipinski definition) is 1. The molecule has 3 fully saturated rings. The Bertz CT molecular complexity index is 484. The van der Waals surface area contributed by atoms with Crippen LogP contribution in [0.2, 0.25) is 0 Å². The lowest BCUT2D eigenvalue weighted by molar-refractivity contribution is 0.124. The maximum absolute atomic E-state index is 13.7. The zero-order chi connectivity index (χ0) is 13.4. The van der Waals surface area contributed by atoms with Gasteiger partial charge in [0, 0.05) is 31.2 Å². The summed E-state index contributed by atoms with van der Waals surface area (Å²) in [7, 11) is 0. The lowest BCUT2D eigenvalue weighted by Gasteiger charge is -2.36. The monoisotopic (exact) mass is 342 g/mol. The second-order valence-electron chi connectivity index (χ2n) is 5.52. The highest BCUT2D eigenvalue weighted by molar-refractivity contribution is 5.85. The summed E-state index contributed by atoms with van der Waals surface area (Å²) < 4.78 is 39.9. The van der Waals surface area contributed by atoms with E-state index in [4.69, 9.17) is 0 Å². The summed E-state index contributed by atoms with van der Waals surface area (Å²) in [6.07, 6.45) is 2.28. The molecule has 2 nitrogen and oxygen atoms in total. The lowest BCUT2D eigenvalue weighted by atomic mass is 9.94. The van der Waals surface area contributed by atoms with Crippen molar-refractivity contribution in [3.63, 3.8) is 0 Å². The number of fused-ring (bicyclic) bond motifs is 4. The highest BCUT2D eigenvalue weighted by atomic mass is 35.5. The van der Waals surface area contributed by atoms with Gasteiger partial charge in [-0.1, -0.05) is 6.07 Å². The lowest BCUT2D eigenvalue weighted by Crippen LogP contribution is -2.43. The van der Waals surface area contributed by atoms with Crippen LogP contribution in [0.3, 0.4) is 0 Å². The minimum Gasteiger partial charge on any atom is -0.315 e. The number of hydrogen-bond acceptors (Lipinski definition) is 2. The second-order valence-corrected chi connectivity index (χ2v) is 5.52. The van der Waals surface area contributed by atoms with Crippen molar-refractivity contribution < 1.29 is 13.2 Å². The van der Waals surface area contributed by atoms with Crippen LogP contribution >= 0.6 is 24.8 Å². The maximum atomic E-state index is 13.7. The van der Waals surface area contributed by atoms with Gasteiger partial charge in [-0.2, -0.15) is 0 Å². The fourth-order valence-corrected chi connectivity index (χ4v) is 3.13. The third-order valence-electron chi connectivity index (χ3n) is 4.22. The van der Waals surface area contributed by atoms with Crippen LogP contribution in [-0.4, -0.2) is 30.6 Å². The van der Waals surface area contributed by atoms with E-state index in [1.165, 1.54) is 12.5 Å². The average Bonchev–Trinajstić information content (AvgIpc) is 2.74. The first-order chi connectivity index (χ1) is 9.15. The third kappa shape index (κ3) is 3.83. The van der Waals surface area contributed by atoms with Crippen LogP contribution in [0.25, 0.3) is 0 Å². The van der Waals surface area contributed by atoms with Crippen molar-refractivity contribution in [3.8, 4) is 0 Å². The van der Waals surface area contributed by atoms with Gasteiger partial charge in [0.05, 0.1) is 0 Å². The normalized spacial score (nSPS) is 24.9. The molecule has 0 saturated carbocycles. The Morgan fingerprint density at radius 2 is 1.81 bits per heavy atom. The number of nitrogens with one attached hydrogen (secondary N) is 1. The van der Waals surface area contributed by atoms with Gasteiger partial charge in [0.25, 0.3) is 0 Å². The Labute approximate surface area is 134 Å². The van der Waals surface area contributed by atoms with E-state index in [2.05, 4.69) is 10.2 Å². The smallest absolute Gasteiger partial charge is 0.194 e. The molecule has 21 heavy (non-hydrogen) atoms. The van der Waals surface area contributed by atoms with Gasteiger partial charge in [0.15, 0.2) is 17.5 Å². The molecule has 0 amide bonds. The van der Waals surface area contributed by atoms with Crippen molar-refractivity contribution in [1.29, 1.82) is 0 Å². The fraction of sp³-hybridized carbons (Fsp3) is 0.571. The molecular formula is C14H19Cl2F3N2. The standard InChI is InChI=1S/C14H17F3N2.2ClH/c15-12-4-2-10(13(16)14(12)17)8-19-7-9-1-3-11(19)6-18-5-9;;/h2,4,9,11,18H,1,3,5-8H2;2*1H/t9-,11+;;/m1../s1. The van der Waals surface area contributed by atoms with Gasteiger partial charge in [-0.05, 0) is 31.4 Å². The molecule has 0 radical (unpaired) electrons. The molecule has 2 atom stereocenters. The van der Waals surface area contributed by atoms with Crippen LogP contribution in [0.5, 0.6) is 0 Å². The van der Waals surface area contributed by atoms with E-state index in [9.17, 15) is 13.2 Å². The summed E-state index contributed by atoms with van der Waals surface area (Å²) >= 11 is 0. The van der Waals surface area contributed by atoms with Gasteiger partial charge in [-0.3, -0.25) is 4.90 Å². The first kappa shape index (κ1) is 18.6. The third-order valence-corrected chi connectivity index (χ3v) is 4.22. The molecule has 0 spiro atoms. The van der Waals surface area contributed by atoms with Gasteiger partial charge in [0.1, 0.15) is 0 Å². The molecule has 4 rings (SSSR count). The van der Waals surface area contributed by atoms with E-state index in [1.807, 2.05) is 0 Å². The van der Waals surface area contributed by atoms with Gasteiger partial charge in [-0.15, -0.1) is 24.8 Å². The second kappa shape index (κ2) is 7.68. The summed E-state index contributed by atoms with van der Waals surface area (Å²) in [6.45, 7) is 3.14. The van der Waals surface area contributed by atoms with Crippen molar-refractivity contribution in [2.24, 2.45) is 5.92 Å². The molecule has 120 valence electrons. The molecule has 7 heteroatoms. The Morgan fingerprint density at radius 1 is 1.05 bits per heavy atom. The molecule has 3 saturated heterocycles. The van der Waals surface area contributed by atoms with Crippen molar-refractivity contribution in [3.05, 3.63) is 35.1 Å². The summed E-state index contributed by atoms with van der Waals surface area (Å²) in [5.41, 5.74) is 0.242. The molecule has 1 aromatic carbocycles. The summed E-state index contributed by atoms with van der Waals surface area (Å²) in [5, 5.41) is 3.39. The molecule has 3 heterocycles. The number of benzene rings is 1. The Kier molecular flexibility index (Phi) is 6.78.